The zero-order chi connectivity index (χ0) is 18.2. The van der Waals surface area contributed by atoms with E-state index in [-0.39, 0.29) is 11.0 Å². The summed E-state index contributed by atoms with van der Waals surface area (Å²) in [4.78, 5) is 12.3. The number of halogens is 2. The summed E-state index contributed by atoms with van der Waals surface area (Å²) in [6.07, 6.45) is 0.917. The zero-order valence-electron chi connectivity index (χ0n) is 13.6. The Morgan fingerprint density at radius 2 is 2.04 bits per heavy atom. The molecule has 2 rings (SSSR count). The first-order valence-corrected chi connectivity index (χ1v) is 9.34. The number of carbonyl (C=O) groups is 1. The Morgan fingerprint density at radius 3 is 2.72 bits per heavy atom. The number of nitrogens with one attached hydrogen (secondary N) is 2. The van der Waals surface area contributed by atoms with Crippen molar-refractivity contribution in [1.29, 1.82) is 0 Å². The van der Waals surface area contributed by atoms with E-state index in [1.54, 1.807) is 24.3 Å². The fourth-order valence-electron chi connectivity index (χ4n) is 2.01. The lowest BCUT2D eigenvalue weighted by molar-refractivity contribution is 0.0976. The van der Waals surface area contributed by atoms with Crippen molar-refractivity contribution in [3.8, 4) is 5.75 Å². The highest BCUT2D eigenvalue weighted by molar-refractivity contribution is 9.10. The molecule has 132 valence electrons. The molecule has 2 N–H and O–H groups in total. The van der Waals surface area contributed by atoms with E-state index in [1.807, 2.05) is 25.1 Å². The summed E-state index contributed by atoms with van der Waals surface area (Å²) < 4.78 is 6.30. The lowest BCUT2D eigenvalue weighted by atomic mass is 10.2. The van der Waals surface area contributed by atoms with E-state index < -0.39 is 0 Å². The van der Waals surface area contributed by atoms with Crippen molar-refractivity contribution >= 4 is 50.8 Å². The van der Waals surface area contributed by atoms with E-state index in [9.17, 15) is 4.79 Å². The van der Waals surface area contributed by atoms with Crippen molar-refractivity contribution in [2.75, 3.05) is 6.61 Å². The highest BCUT2D eigenvalue weighted by Gasteiger charge is 2.11. The highest BCUT2D eigenvalue weighted by atomic mass is 79.9. The predicted octanol–water partition coefficient (Wildman–Crippen LogP) is 4.70. The average molecular weight is 442 g/mol. The maximum absolute atomic E-state index is 12.3. The number of hydrogen-bond donors (Lipinski definition) is 2. The van der Waals surface area contributed by atoms with Crippen molar-refractivity contribution < 1.29 is 9.53 Å². The number of thiocarbonyl (C=S) groups is 1. The molecule has 0 saturated heterocycles. The Morgan fingerprint density at radius 1 is 1.28 bits per heavy atom. The zero-order valence-corrected chi connectivity index (χ0v) is 16.8. The van der Waals surface area contributed by atoms with Gasteiger partial charge in [-0.1, -0.05) is 36.7 Å². The quantitative estimate of drug-likeness (QED) is 0.638. The van der Waals surface area contributed by atoms with Crippen LogP contribution in [-0.2, 0) is 6.54 Å². The predicted molar refractivity (Wildman–Crippen MR) is 108 cm³/mol. The number of rotatable bonds is 6. The molecule has 0 atom stereocenters. The minimum Gasteiger partial charge on any atom is -0.492 e. The Hall–Kier alpha value is -1.63. The Bertz CT molecular complexity index is 770. The SMILES string of the molecule is CCCOc1ccc(C(=O)NC(=S)NCc2ccccc2Cl)cc1Br. The van der Waals surface area contributed by atoms with Crippen LogP contribution in [0.3, 0.4) is 0 Å². The van der Waals surface area contributed by atoms with E-state index in [0.717, 1.165) is 16.5 Å². The van der Waals surface area contributed by atoms with Crippen molar-refractivity contribution in [1.82, 2.24) is 10.6 Å². The van der Waals surface area contributed by atoms with Crippen LogP contribution in [0.25, 0.3) is 0 Å². The van der Waals surface area contributed by atoms with E-state index in [2.05, 4.69) is 26.6 Å². The normalized spacial score (nSPS) is 10.2. The van der Waals surface area contributed by atoms with Gasteiger partial charge in [-0.2, -0.15) is 0 Å². The summed E-state index contributed by atoms with van der Waals surface area (Å²) >= 11 is 14.7. The van der Waals surface area contributed by atoms with Gasteiger partial charge in [0.05, 0.1) is 11.1 Å². The molecule has 0 heterocycles. The standard InChI is InChI=1S/C18H18BrClN2O2S/c1-2-9-24-16-8-7-12(10-14(16)19)17(23)22-18(25)21-11-13-5-3-4-6-15(13)20/h3-8,10H,2,9,11H2,1H3,(H2,21,22,23,25). The molecule has 4 nitrogen and oxygen atoms in total. The molecule has 0 fully saturated rings. The third-order valence-electron chi connectivity index (χ3n) is 3.28. The van der Waals surface area contributed by atoms with Gasteiger partial charge in [-0.25, -0.2) is 0 Å². The minimum atomic E-state index is -0.292. The Kier molecular flexibility index (Phi) is 7.68. The minimum absolute atomic E-state index is 0.243. The summed E-state index contributed by atoms with van der Waals surface area (Å²) in [5.74, 6) is 0.414. The molecule has 25 heavy (non-hydrogen) atoms. The van der Waals surface area contributed by atoms with Gasteiger partial charge in [-0.3, -0.25) is 10.1 Å². The highest BCUT2D eigenvalue weighted by Crippen LogP contribution is 2.26. The van der Waals surface area contributed by atoms with E-state index in [0.29, 0.717) is 29.5 Å². The largest absolute Gasteiger partial charge is 0.492 e. The first-order valence-electron chi connectivity index (χ1n) is 7.76. The van der Waals surface area contributed by atoms with Gasteiger partial charge in [0.15, 0.2) is 5.11 Å². The molecule has 0 spiro atoms. The summed E-state index contributed by atoms with van der Waals surface area (Å²) in [7, 11) is 0. The van der Waals surface area contributed by atoms with Crippen molar-refractivity contribution in [2.24, 2.45) is 0 Å². The van der Waals surface area contributed by atoms with Crippen LogP contribution in [0.1, 0.15) is 29.3 Å². The molecule has 0 bridgehead atoms. The molecular weight excluding hydrogens is 424 g/mol. The summed E-state index contributed by atoms with van der Waals surface area (Å²) in [6, 6.07) is 12.6. The Balaban J connectivity index is 1.91. The summed E-state index contributed by atoms with van der Waals surface area (Å²) in [5.41, 5.74) is 1.39. The molecule has 0 saturated carbocycles. The molecule has 0 radical (unpaired) electrons. The second-order valence-electron chi connectivity index (χ2n) is 5.22. The van der Waals surface area contributed by atoms with Crippen LogP contribution in [0.15, 0.2) is 46.9 Å². The lowest BCUT2D eigenvalue weighted by Gasteiger charge is -2.12. The number of benzene rings is 2. The van der Waals surface area contributed by atoms with Crippen LogP contribution in [0.2, 0.25) is 5.02 Å². The van der Waals surface area contributed by atoms with Gasteiger partial charge in [0.25, 0.3) is 5.91 Å². The molecule has 2 aromatic carbocycles. The average Bonchev–Trinajstić information content (AvgIpc) is 2.60. The van der Waals surface area contributed by atoms with Crippen molar-refractivity contribution in [3.05, 3.63) is 63.1 Å². The smallest absolute Gasteiger partial charge is 0.257 e. The molecule has 1 amide bonds. The van der Waals surface area contributed by atoms with Crippen molar-refractivity contribution in [2.45, 2.75) is 19.9 Å². The third kappa shape index (κ3) is 5.99. The second-order valence-corrected chi connectivity index (χ2v) is 6.89. The molecule has 2 aromatic rings. The molecule has 0 aliphatic carbocycles. The van der Waals surface area contributed by atoms with Crippen LogP contribution in [0.5, 0.6) is 5.75 Å². The summed E-state index contributed by atoms with van der Waals surface area (Å²) in [6.45, 7) is 3.10. The lowest BCUT2D eigenvalue weighted by Crippen LogP contribution is -2.38. The van der Waals surface area contributed by atoms with Crippen LogP contribution in [0.4, 0.5) is 0 Å². The molecule has 0 unspecified atom stereocenters. The number of hydrogen-bond acceptors (Lipinski definition) is 3. The van der Waals surface area contributed by atoms with Crippen molar-refractivity contribution in [3.63, 3.8) is 0 Å². The monoisotopic (exact) mass is 440 g/mol. The topological polar surface area (TPSA) is 50.4 Å². The fraction of sp³-hybridized carbons (Fsp3) is 0.222. The number of amides is 1. The second kappa shape index (κ2) is 9.75. The first-order chi connectivity index (χ1) is 12.0. The van der Waals surface area contributed by atoms with Gasteiger partial charge in [0.2, 0.25) is 0 Å². The van der Waals surface area contributed by atoms with Crippen LogP contribution in [0, 0.1) is 0 Å². The van der Waals surface area contributed by atoms with Crippen LogP contribution in [-0.4, -0.2) is 17.6 Å². The molecule has 0 aliphatic heterocycles. The number of ether oxygens (including phenoxy) is 1. The maximum Gasteiger partial charge on any atom is 0.257 e. The van der Waals surface area contributed by atoms with E-state index in [1.165, 1.54) is 0 Å². The third-order valence-corrected chi connectivity index (χ3v) is 4.51. The van der Waals surface area contributed by atoms with Crippen LogP contribution < -0.4 is 15.4 Å². The van der Waals surface area contributed by atoms with Gasteiger partial charge in [0.1, 0.15) is 5.75 Å². The molecular formula is C18H18BrClN2O2S. The van der Waals surface area contributed by atoms with E-state index >= 15 is 0 Å². The van der Waals surface area contributed by atoms with Crippen LogP contribution >= 0.6 is 39.7 Å². The van der Waals surface area contributed by atoms with Gasteiger partial charge in [0, 0.05) is 17.1 Å². The summed E-state index contributed by atoms with van der Waals surface area (Å²) in [5, 5.41) is 6.52. The van der Waals surface area contributed by atoms with E-state index in [4.69, 9.17) is 28.6 Å². The van der Waals surface area contributed by atoms with Gasteiger partial charge in [-0.05, 0) is 64.4 Å². The number of carbonyl (C=O) groups excluding carboxylic acids is 1. The van der Waals surface area contributed by atoms with Gasteiger partial charge in [-0.15, -0.1) is 0 Å². The molecule has 0 aliphatic rings. The fourth-order valence-corrected chi connectivity index (χ4v) is 2.87. The van der Waals surface area contributed by atoms with Gasteiger partial charge >= 0.3 is 0 Å². The molecule has 7 heteroatoms. The maximum atomic E-state index is 12.3. The van der Waals surface area contributed by atoms with Gasteiger partial charge < -0.3 is 10.1 Å². The Labute approximate surface area is 166 Å². The first kappa shape index (κ1) is 19.7. The molecule has 0 aromatic heterocycles.